The predicted octanol–water partition coefficient (Wildman–Crippen LogP) is 7.20. The van der Waals surface area contributed by atoms with Gasteiger partial charge in [0.1, 0.15) is 18.2 Å². The molecule has 174 valence electrons. The Morgan fingerprint density at radius 1 is 1.09 bits per heavy atom. The molecule has 0 saturated carbocycles. The number of benzene rings is 3. The maximum Gasteiger partial charge on any atom is 0.282 e. The van der Waals surface area contributed by atoms with Crippen LogP contribution >= 0.6 is 31.9 Å². The summed E-state index contributed by atoms with van der Waals surface area (Å²) in [6.45, 7) is 6.62. The number of nitrogens with zero attached hydrogens (tertiary/aromatic N) is 3. The Morgan fingerprint density at radius 2 is 1.85 bits per heavy atom. The standard InChI is InChI=1S/C27H25Br2N3O2/c1-4-18(3)26-31-24-10-8-22(29)14-23(24)27(33)32(26)30-15-20-13-21(28)9-11-25(20)34-16-19-7-5-6-17(2)12-19/h5-15,18H,4,16H2,1-3H3/t18-/m1/s1. The molecule has 34 heavy (non-hydrogen) atoms. The van der Waals surface area contributed by atoms with Crippen LogP contribution in [0.25, 0.3) is 10.9 Å². The Morgan fingerprint density at radius 3 is 2.62 bits per heavy atom. The molecule has 7 heteroatoms. The van der Waals surface area contributed by atoms with E-state index in [2.05, 4.69) is 62.9 Å². The highest BCUT2D eigenvalue weighted by atomic mass is 79.9. The molecule has 3 aromatic carbocycles. The van der Waals surface area contributed by atoms with Gasteiger partial charge in [0, 0.05) is 20.4 Å². The number of aryl methyl sites for hydroxylation is 1. The molecular formula is C27H25Br2N3O2. The lowest BCUT2D eigenvalue weighted by Crippen LogP contribution is -2.23. The third kappa shape index (κ3) is 5.47. The predicted molar refractivity (Wildman–Crippen MR) is 145 cm³/mol. The maximum atomic E-state index is 13.4. The summed E-state index contributed by atoms with van der Waals surface area (Å²) in [4.78, 5) is 18.2. The van der Waals surface area contributed by atoms with Gasteiger partial charge in [-0.3, -0.25) is 4.79 Å². The second-order valence-electron chi connectivity index (χ2n) is 8.26. The fourth-order valence-corrected chi connectivity index (χ4v) is 4.35. The summed E-state index contributed by atoms with van der Waals surface area (Å²) in [6.07, 6.45) is 2.50. The lowest BCUT2D eigenvalue weighted by Gasteiger charge is -2.14. The van der Waals surface area contributed by atoms with Gasteiger partial charge >= 0.3 is 0 Å². The zero-order valence-corrected chi connectivity index (χ0v) is 22.4. The first-order chi connectivity index (χ1) is 16.4. The van der Waals surface area contributed by atoms with Crippen LogP contribution in [-0.4, -0.2) is 15.9 Å². The number of hydrogen-bond acceptors (Lipinski definition) is 4. The third-order valence-corrected chi connectivity index (χ3v) is 6.63. The van der Waals surface area contributed by atoms with Crippen molar-refractivity contribution in [2.45, 2.75) is 39.7 Å². The monoisotopic (exact) mass is 581 g/mol. The summed E-state index contributed by atoms with van der Waals surface area (Å²) in [6, 6.07) is 19.5. The Balaban J connectivity index is 1.74. The van der Waals surface area contributed by atoms with Gasteiger partial charge < -0.3 is 4.74 Å². The summed E-state index contributed by atoms with van der Waals surface area (Å²) < 4.78 is 9.25. The van der Waals surface area contributed by atoms with Crippen LogP contribution in [0.15, 0.2) is 79.5 Å². The smallest absolute Gasteiger partial charge is 0.282 e. The molecule has 0 aliphatic carbocycles. The molecule has 1 atom stereocenters. The minimum absolute atomic E-state index is 0.0671. The fraction of sp³-hybridized carbons (Fsp3) is 0.222. The van der Waals surface area contributed by atoms with Crippen molar-refractivity contribution in [1.29, 1.82) is 0 Å². The number of fused-ring (bicyclic) bond motifs is 1. The van der Waals surface area contributed by atoms with Crippen molar-refractivity contribution in [2.75, 3.05) is 0 Å². The lowest BCUT2D eigenvalue weighted by molar-refractivity contribution is 0.305. The Labute approximate surface area is 215 Å². The van der Waals surface area contributed by atoms with Gasteiger partial charge in [-0.2, -0.15) is 9.78 Å². The van der Waals surface area contributed by atoms with Crippen LogP contribution in [0.3, 0.4) is 0 Å². The summed E-state index contributed by atoms with van der Waals surface area (Å²) in [7, 11) is 0. The minimum atomic E-state index is -0.199. The molecule has 0 aliphatic rings. The zero-order chi connectivity index (χ0) is 24.2. The first-order valence-corrected chi connectivity index (χ1v) is 12.7. The molecular weight excluding hydrogens is 558 g/mol. The van der Waals surface area contributed by atoms with E-state index in [-0.39, 0.29) is 11.5 Å². The molecule has 0 radical (unpaired) electrons. The van der Waals surface area contributed by atoms with E-state index >= 15 is 0 Å². The van der Waals surface area contributed by atoms with Gasteiger partial charge in [0.25, 0.3) is 5.56 Å². The van der Waals surface area contributed by atoms with E-state index < -0.39 is 0 Å². The number of halogens is 2. The minimum Gasteiger partial charge on any atom is -0.488 e. The van der Waals surface area contributed by atoms with Crippen molar-refractivity contribution in [2.24, 2.45) is 5.10 Å². The van der Waals surface area contributed by atoms with Gasteiger partial charge in [-0.1, -0.05) is 75.5 Å². The van der Waals surface area contributed by atoms with Crippen LogP contribution in [0.4, 0.5) is 0 Å². The summed E-state index contributed by atoms with van der Waals surface area (Å²) in [5.41, 5.74) is 3.50. The van der Waals surface area contributed by atoms with Crippen molar-refractivity contribution >= 4 is 49.0 Å². The van der Waals surface area contributed by atoms with Crippen LogP contribution in [0.1, 0.15) is 48.7 Å². The second-order valence-corrected chi connectivity index (χ2v) is 10.1. The quantitative estimate of drug-likeness (QED) is 0.216. The van der Waals surface area contributed by atoms with Gasteiger partial charge in [-0.25, -0.2) is 4.98 Å². The van der Waals surface area contributed by atoms with E-state index in [4.69, 9.17) is 9.72 Å². The van der Waals surface area contributed by atoms with Crippen molar-refractivity contribution < 1.29 is 4.74 Å². The third-order valence-electron chi connectivity index (χ3n) is 5.65. The molecule has 0 unspecified atom stereocenters. The molecule has 0 N–H and O–H groups in total. The molecule has 5 nitrogen and oxygen atoms in total. The number of aromatic nitrogens is 2. The fourth-order valence-electron chi connectivity index (χ4n) is 3.61. The van der Waals surface area contributed by atoms with Crippen molar-refractivity contribution in [1.82, 2.24) is 9.66 Å². The maximum absolute atomic E-state index is 13.4. The van der Waals surface area contributed by atoms with Crippen LogP contribution in [-0.2, 0) is 6.61 Å². The van der Waals surface area contributed by atoms with Crippen molar-refractivity contribution in [3.63, 3.8) is 0 Å². The van der Waals surface area contributed by atoms with E-state index in [0.717, 1.165) is 26.5 Å². The second kappa shape index (κ2) is 10.7. The van der Waals surface area contributed by atoms with E-state index in [1.54, 1.807) is 12.3 Å². The van der Waals surface area contributed by atoms with Crippen LogP contribution in [0.5, 0.6) is 5.75 Å². The lowest BCUT2D eigenvalue weighted by atomic mass is 10.1. The summed E-state index contributed by atoms with van der Waals surface area (Å²) in [5.74, 6) is 1.39. The Bertz CT molecular complexity index is 1430. The summed E-state index contributed by atoms with van der Waals surface area (Å²) in [5, 5.41) is 5.11. The highest BCUT2D eigenvalue weighted by molar-refractivity contribution is 9.10. The number of rotatable bonds is 7. The van der Waals surface area contributed by atoms with Gasteiger partial charge in [0.15, 0.2) is 0 Å². The van der Waals surface area contributed by atoms with Crippen LogP contribution in [0.2, 0.25) is 0 Å². The van der Waals surface area contributed by atoms with Gasteiger partial charge in [-0.15, -0.1) is 0 Å². The molecule has 0 spiro atoms. The van der Waals surface area contributed by atoms with Gasteiger partial charge in [0.05, 0.1) is 17.1 Å². The average Bonchev–Trinajstić information content (AvgIpc) is 2.82. The van der Waals surface area contributed by atoms with E-state index in [0.29, 0.717) is 29.1 Å². The molecule has 0 aliphatic heterocycles. The zero-order valence-electron chi connectivity index (χ0n) is 19.3. The highest BCUT2D eigenvalue weighted by Gasteiger charge is 2.16. The number of hydrogen-bond donors (Lipinski definition) is 0. The van der Waals surface area contributed by atoms with E-state index in [1.807, 2.05) is 49.4 Å². The van der Waals surface area contributed by atoms with E-state index in [1.165, 1.54) is 10.2 Å². The molecule has 4 aromatic rings. The average molecular weight is 583 g/mol. The Hall–Kier alpha value is -2.77. The van der Waals surface area contributed by atoms with Crippen LogP contribution in [0, 0.1) is 6.92 Å². The SMILES string of the molecule is CC[C@@H](C)c1nc2ccc(Br)cc2c(=O)n1N=Cc1cc(Br)ccc1OCc1cccc(C)c1. The van der Waals surface area contributed by atoms with Gasteiger partial charge in [0.2, 0.25) is 0 Å². The molecule has 0 saturated heterocycles. The molecule has 0 fully saturated rings. The molecule has 0 bridgehead atoms. The molecule has 1 heterocycles. The van der Waals surface area contributed by atoms with E-state index in [9.17, 15) is 4.79 Å². The van der Waals surface area contributed by atoms with Crippen molar-refractivity contribution in [3.8, 4) is 5.75 Å². The topological polar surface area (TPSA) is 56.5 Å². The number of ether oxygens (including phenoxy) is 1. The largest absolute Gasteiger partial charge is 0.488 e. The molecule has 4 rings (SSSR count). The molecule has 1 aromatic heterocycles. The normalized spacial score (nSPS) is 12.4. The van der Waals surface area contributed by atoms with Crippen molar-refractivity contribution in [3.05, 3.63) is 102 Å². The Kier molecular flexibility index (Phi) is 7.63. The van der Waals surface area contributed by atoms with Crippen LogP contribution < -0.4 is 10.3 Å². The summed E-state index contributed by atoms with van der Waals surface area (Å²) >= 11 is 6.98. The first-order valence-electron chi connectivity index (χ1n) is 11.1. The van der Waals surface area contributed by atoms with Gasteiger partial charge in [-0.05, 0) is 55.3 Å². The first kappa shape index (κ1) is 24.4. The highest BCUT2D eigenvalue weighted by Crippen LogP contribution is 2.24. The molecule has 0 amide bonds.